The molecule has 124 valence electrons. The van der Waals surface area contributed by atoms with Crippen molar-refractivity contribution in [3.05, 3.63) is 29.8 Å². The third-order valence-corrected chi connectivity index (χ3v) is 4.02. The molecule has 1 aliphatic rings. The summed E-state index contributed by atoms with van der Waals surface area (Å²) >= 11 is 0. The van der Waals surface area contributed by atoms with E-state index in [0.717, 1.165) is 18.7 Å². The molecule has 3 rings (SSSR count). The summed E-state index contributed by atoms with van der Waals surface area (Å²) in [6.07, 6.45) is 4.61. The molecule has 8 heteroatoms. The van der Waals surface area contributed by atoms with Gasteiger partial charge >= 0.3 is 0 Å². The SMILES string of the molecule is CCOCc1cn(C2CCN(C(=O)c3ccn(CC)n3)C2)nn1. The summed E-state index contributed by atoms with van der Waals surface area (Å²) in [6, 6.07) is 1.93. The van der Waals surface area contributed by atoms with E-state index < -0.39 is 0 Å². The van der Waals surface area contributed by atoms with Crippen molar-refractivity contribution in [1.29, 1.82) is 0 Å². The number of rotatable bonds is 6. The van der Waals surface area contributed by atoms with Gasteiger partial charge in [0.25, 0.3) is 5.91 Å². The van der Waals surface area contributed by atoms with Gasteiger partial charge in [-0.2, -0.15) is 5.10 Å². The van der Waals surface area contributed by atoms with Gasteiger partial charge in [-0.15, -0.1) is 5.10 Å². The van der Waals surface area contributed by atoms with Gasteiger partial charge in [0.2, 0.25) is 0 Å². The van der Waals surface area contributed by atoms with Crippen LogP contribution in [0.4, 0.5) is 0 Å². The molecule has 3 heterocycles. The van der Waals surface area contributed by atoms with Crippen molar-refractivity contribution in [2.45, 2.75) is 39.5 Å². The van der Waals surface area contributed by atoms with Gasteiger partial charge in [0.1, 0.15) is 11.4 Å². The van der Waals surface area contributed by atoms with Crippen molar-refractivity contribution in [3.63, 3.8) is 0 Å². The lowest BCUT2D eigenvalue weighted by molar-refractivity contribution is 0.0780. The Balaban J connectivity index is 1.61. The van der Waals surface area contributed by atoms with Crippen molar-refractivity contribution in [2.24, 2.45) is 0 Å². The van der Waals surface area contributed by atoms with Gasteiger partial charge < -0.3 is 9.64 Å². The first-order valence-electron chi connectivity index (χ1n) is 8.02. The maximum Gasteiger partial charge on any atom is 0.274 e. The second-order valence-electron chi connectivity index (χ2n) is 5.58. The molecule has 1 saturated heterocycles. The molecule has 1 aliphatic heterocycles. The highest BCUT2D eigenvalue weighted by Gasteiger charge is 2.29. The summed E-state index contributed by atoms with van der Waals surface area (Å²) in [4.78, 5) is 14.3. The molecule has 0 aliphatic carbocycles. The molecule has 0 bridgehead atoms. The van der Waals surface area contributed by atoms with Gasteiger partial charge in [-0.05, 0) is 26.3 Å². The van der Waals surface area contributed by atoms with Crippen LogP contribution >= 0.6 is 0 Å². The first-order valence-corrected chi connectivity index (χ1v) is 8.02. The molecular weight excluding hydrogens is 296 g/mol. The normalized spacial score (nSPS) is 17.8. The fourth-order valence-corrected chi connectivity index (χ4v) is 2.72. The number of amides is 1. The van der Waals surface area contributed by atoms with Crippen molar-refractivity contribution in [2.75, 3.05) is 19.7 Å². The lowest BCUT2D eigenvalue weighted by atomic mass is 10.3. The summed E-state index contributed by atoms with van der Waals surface area (Å²) in [5.41, 5.74) is 1.32. The van der Waals surface area contributed by atoms with E-state index in [2.05, 4.69) is 15.4 Å². The van der Waals surface area contributed by atoms with Crippen LogP contribution in [0, 0.1) is 0 Å². The number of ether oxygens (including phenoxy) is 1. The number of carbonyl (C=O) groups is 1. The minimum absolute atomic E-state index is 0.0191. The fraction of sp³-hybridized carbons (Fsp3) is 0.600. The zero-order valence-electron chi connectivity index (χ0n) is 13.6. The minimum atomic E-state index is -0.0191. The Kier molecular flexibility index (Phi) is 4.71. The number of carbonyl (C=O) groups excluding carboxylic acids is 1. The van der Waals surface area contributed by atoms with Crippen LogP contribution in [0.25, 0.3) is 0 Å². The summed E-state index contributed by atoms with van der Waals surface area (Å²) in [6.45, 7) is 7.18. The highest BCUT2D eigenvalue weighted by Crippen LogP contribution is 2.22. The van der Waals surface area contributed by atoms with Crippen molar-refractivity contribution < 1.29 is 9.53 Å². The zero-order valence-corrected chi connectivity index (χ0v) is 13.6. The number of aryl methyl sites for hydroxylation is 1. The van der Waals surface area contributed by atoms with Crippen LogP contribution < -0.4 is 0 Å². The quantitative estimate of drug-likeness (QED) is 0.797. The van der Waals surface area contributed by atoms with Gasteiger partial charge in [-0.3, -0.25) is 9.48 Å². The van der Waals surface area contributed by atoms with E-state index in [-0.39, 0.29) is 11.9 Å². The summed E-state index contributed by atoms with van der Waals surface area (Å²) in [5.74, 6) is -0.0191. The average molecular weight is 318 g/mol. The topological polar surface area (TPSA) is 78.1 Å². The first-order chi connectivity index (χ1) is 11.2. The third kappa shape index (κ3) is 3.42. The second-order valence-corrected chi connectivity index (χ2v) is 5.58. The molecule has 0 saturated carbocycles. The lowest BCUT2D eigenvalue weighted by Gasteiger charge is -2.15. The van der Waals surface area contributed by atoms with Gasteiger partial charge in [-0.1, -0.05) is 5.21 Å². The van der Waals surface area contributed by atoms with E-state index >= 15 is 0 Å². The summed E-state index contributed by atoms with van der Waals surface area (Å²) in [7, 11) is 0. The number of likely N-dealkylation sites (tertiary alicyclic amines) is 1. The van der Waals surface area contributed by atoms with Gasteiger partial charge in [-0.25, -0.2) is 4.68 Å². The molecule has 0 radical (unpaired) electrons. The molecule has 1 amide bonds. The van der Waals surface area contributed by atoms with Crippen LogP contribution in [0.2, 0.25) is 0 Å². The molecule has 1 fully saturated rings. The van der Waals surface area contributed by atoms with E-state index in [1.54, 1.807) is 10.7 Å². The Morgan fingerprint density at radius 3 is 3.04 bits per heavy atom. The highest BCUT2D eigenvalue weighted by molar-refractivity contribution is 5.92. The van der Waals surface area contributed by atoms with Crippen LogP contribution in [0.5, 0.6) is 0 Å². The number of hydrogen-bond donors (Lipinski definition) is 0. The van der Waals surface area contributed by atoms with Crippen LogP contribution in [-0.4, -0.2) is 55.3 Å². The molecular formula is C15H22N6O2. The van der Waals surface area contributed by atoms with E-state index in [1.165, 1.54) is 0 Å². The third-order valence-electron chi connectivity index (χ3n) is 4.02. The highest BCUT2D eigenvalue weighted by atomic mass is 16.5. The number of aromatic nitrogens is 5. The smallest absolute Gasteiger partial charge is 0.274 e. The monoisotopic (exact) mass is 318 g/mol. The molecule has 1 unspecified atom stereocenters. The van der Waals surface area contributed by atoms with Crippen LogP contribution in [-0.2, 0) is 17.9 Å². The predicted molar refractivity (Wildman–Crippen MR) is 82.8 cm³/mol. The maximum atomic E-state index is 12.5. The Hall–Kier alpha value is -2.22. The standard InChI is InChI=1S/C15H22N6O2/c1-3-20-8-6-14(17-20)15(22)19-7-5-13(10-19)21-9-12(16-18-21)11-23-4-2/h6,8-9,13H,3-5,7,10-11H2,1-2H3. The van der Waals surface area contributed by atoms with Crippen molar-refractivity contribution >= 4 is 5.91 Å². The molecule has 1 atom stereocenters. The van der Waals surface area contributed by atoms with Gasteiger partial charge in [0.15, 0.2) is 0 Å². The molecule has 0 spiro atoms. The van der Waals surface area contributed by atoms with E-state index in [9.17, 15) is 4.79 Å². The Morgan fingerprint density at radius 2 is 2.30 bits per heavy atom. The molecule has 8 nitrogen and oxygen atoms in total. The molecule has 23 heavy (non-hydrogen) atoms. The van der Waals surface area contributed by atoms with Crippen LogP contribution in [0.1, 0.15) is 42.5 Å². The Bertz CT molecular complexity index is 664. The van der Waals surface area contributed by atoms with E-state index in [1.807, 2.05) is 35.8 Å². The first kappa shape index (κ1) is 15.7. The van der Waals surface area contributed by atoms with Crippen LogP contribution in [0.15, 0.2) is 18.5 Å². The van der Waals surface area contributed by atoms with Crippen molar-refractivity contribution in [3.8, 4) is 0 Å². The Morgan fingerprint density at radius 1 is 1.43 bits per heavy atom. The maximum absolute atomic E-state index is 12.5. The molecule has 0 aromatic carbocycles. The van der Waals surface area contributed by atoms with Crippen molar-refractivity contribution in [1.82, 2.24) is 29.7 Å². The lowest BCUT2D eigenvalue weighted by Crippen LogP contribution is -2.29. The van der Waals surface area contributed by atoms with Gasteiger partial charge in [0.05, 0.1) is 18.8 Å². The van der Waals surface area contributed by atoms with Gasteiger partial charge in [0, 0.05) is 32.4 Å². The summed E-state index contributed by atoms with van der Waals surface area (Å²) in [5, 5.41) is 12.6. The summed E-state index contributed by atoms with van der Waals surface area (Å²) < 4.78 is 8.94. The fourth-order valence-electron chi connectivity index (χ4n) is 2.72. The van der Waals surface area contributed by atoms with Crippen LogP contribution in [0.3, 0.4) is 0 Å². The molecule has 0 N–H and O–H groups in total. The van der Waals surface area contributed by atoms with E-state index in [0.29, 0.717) is 32.0 Å². The number of hydrogen-bond acceptors (Lipinski definition) is 5. The molecule has 2 aromatic rings. The molecule has 2 aromatic heterocycles. The number of nitrogens with zero attached hydrogens (tertiary/aromatic N) is 6. The Labute approximate surface area is 135 Å². The largest absolute Gasteiger partial charge is 0.375 e. The minimum Gasteiger partial charge on any atom is -0.375 e. The zero-order chi connectivity index (χ0) is 16.2. The predicted octanol–water partition coefficient (Wildman–Crippen LogP) is 1.12. The van der Waals surface area contributed by atoms with E-state index in [4.69, 9.17) is 4.74 Å². The average Bonchev–Trinajstić information content (AvgIpc) is 3.31. The second kappa shape index (κ2) is 6.91.